The summed E-state index contributed by atoms with van der Waals surface area (Å²) in [6.07, 6.45) is 5.68. The minimum Gasteiger partial charge on any atom is -1.00 e. The third kappa shape index (κ3) is 6.43. The lowest BCUT2D eigenvalue weighted by molar-refractivity contribution is -0.865. The van der Waals surface area contributed by atoms with Crippen molar-refractivity contribution in [2.45, 2.75) is 6.92 Å². The van der Waals surface area contributed by atoms with E-state index in [9.17, 15) is 4.79 Å². The highest BCUT2D eigenvalue weighted by atomic mass is 35.5. The molecule has 2 rings (SSSR count). The van der Waals surface area contributed by atoms with E-state index < -0.39 is 0 Å². The van der Waals surface area contributed by atoms with E-state index in [1.54, 1.807) is 7.05 Å². The van der Waals surface area contributed by atoms with Crippen molar-refractivity contribution in [2.75, 3.05) is 21.1 Å². The van der Waals surface area contributed by atoms with Gasteiger partial charge in [-0.05, 0) is 23.7 Å². The molecule has 0 unspecified atom stereocenters. The SMILES string of the molecule is CC1=C2C=CC(=C1)C2=O.CN/C(N)=N\[NH+](C)C.Cl.Cl.[Cl-]. The summed E-state index contributed by atoms with van der Waals surface area (Å²) >= 11 is 0. The monoisotopic (exact) mass is 342 g/mol. The fraction of sp³-hybridized carbons (Fsp3) is 0.333. The summed E-state index contributed by atoms with van der Waals surface area (Å²) in [5.74, 6) is 0.664. The van der Waals surface area contributed by atoms with Gasteiger partial charge in [-0.25, -0.2) is 5.01 Å². The van der Waals surface area contributed by atoms with Crippen molar-refractivity contribution >= 4 is 36.6 Å². The zero-order valence-electron chi connectivity index (χ0n) is 11.9. The molecular weight excluding hydrogens is 323 g/mol. The Balaban J connectivity index is -0.000000254. The summed E-state index contributed by atoms with van der Waals surface area (Å²) in [7, 11) is 5.52. The molecule has 0 fully saturated rings. The predicted molar refractivity (Wildman–Crippen MR) is 82.9 cm³/mol. The van der Waals surface area contributed by atoms with Gasteiger partial charge >= 0.3 is 0 Å². The highest BCUT2D eigenvalue weighted by Crippen LogP contribution is 2.29. The summed E-state index contributed by atoms with van der Waals surface area (Å²) in [5, 5.41) is 7.55. The van der Waals surface area contributed by atoms with E-state index in [2.05, 4.69) is 10.4 Å². The van der Waals surface area contributed by atoms with E-state index in [1.807, 2.05) is 39.2 Å². The minimum atomic E-state index is 0. The van der Waals surface area contributed by atoms with Crippen LogP contribution >= 0.6 is 24.8 Å². The minimum absolute atomic E-state index is 0. The third-order valence-corrected chi connectivity index (χ3v) is 2.33. The molecule has 0 aliphatic heterocycles. The first kappa shape index (κ1) is 24.0. The molecule has 0 radical (unpaired) electrons. The van der Waals surface area contributed by atoms with Crippen LogP contribution in [0.25, 0.3) is 0 Å². The molecule has 0 aromatic carbocycles. The molecule has 4 N–H and O–H groups in total. The number of hydrogen-bond donors (Lipinski definition) is 3. The average Bonchev–Trinajstić information content (AvgIpc) is 2.73. The van der Waals surface area contributed by atoms with Gasteiger partial charge in [0.15, 0.2) is 5.78 Å². The molecule has 2 bridgehead atoms. The summed E-state index contributed by atoms with van der Waals surface area (Å²) in [6.45, 7) is 1.96. The first-order valence-electron chi connectivity index (χ1n) is 5.43. The smallest absolute Gasteiger partial charge is 0.247 e. The van der Waals surface area contributed by atoms with Gasteiger partial charge in [0.05, 0.1) is 14.1 Å². The molecule has 0 aromatic heterocycles. The topological polar surface area (TPSA) is 71.9 Å². The molecule has 0 aromatic rings. The van der Waals surface area contributed by atoms with E-state index in [4.69, 9.17) is 5.73 Å². The number of allylic oxidation sites excluding steroid dienone is 6. The van der Waals surface area contributed by atoms with Crippen LogP contribution in [0.3, 0.4) is 0 Å². The molecule has 20 heavy (non-hydrogen) atoms. The largest absolute Gasteiger partial charge is 1.00 e. The van der Waals surface area contributed by atoms with Crippen LogP contribution < -0.4 is 28.5 Å². The number of quaternary nitrogens is 1. The number of nitrogens with zero attached hydrogens (tertiary/aromatic N) is 1. The molecule has 116 valence electrons. The number of ketones is 1. The summed E-state index contributed by atoms with van der Waals surface area (Å²) in [4.78, 5) is 11.0. The van der Waals surface area contributed by atoms with Crippen LogP contribution in [0.15, 0.2) is 40.0 Å². The van der Waals surface area contributed by atoms with Crippen LogP contribution in [-0.2, 0) is 4.79 Å². The fourth-order valence-corrected chi connectivity index (χ4v) is 1.51. The second-order valence-electron chi connectivity index (χ2n) is 4.05. The number of rotatable bonds is 1. The van der Waals surface area contributed by atoms with Crippen molar-refractivity contribution in [1.29, 1.82) is 0 Å². The van der Waals surface area contributed by atoms with Crippen molar-refractivity contribution < 1.29 is 22.2 Å². The number of hydrogen-bond acceptors (Lipinski definition) is 2. The van der Waals surface area contributed by atoms with Gasteiger partial charge in [0.25, 0.3) is 0 Å². The molecule has 2 aliphatic carbocycles. The Bertz CT molecular complexity index is 454. The molecule has 0 heterocycles. The fourth-order valence-electron chi connectivity index (χ4n) is 1.51. The Morgan fingerprint density at radius 1 is 1.30 bits per heavy atom. The number of carbonyl (C=O) groups excluding carboxylic acids is 1. The molecule has 0 amide bonds. The van der Waals surface area contributed by atoms with E-state index in [-0.39, 0.29) is 43.0 Å². The quantitative estimate of drug-likeness (QED) is 0.267. The molecule has 2 aliphatic rings. The van der Waals surface area contributed by atoms with E-state index in [1.165, 1.54) is 0 Å². The highest BCUT2D eigenvalue weighted by Gasteiger charge is 2.23. The zero-order chi connectivity index (χ0) is 13.0. The summed E-state index contributed by atoms with van der Waals surface area (Å²) in [5.41, 5.74) is 8.13. The zero-order valence-corrected chi connectivity index (χ0v) is 14.2. The van der Waals surface area contributed by atoms with Crippen molar-refractivity contribution in [3.05, 3.63) is 34.9 Å². The van der Waals surface area contributed by atoms with Crippen LogP contribution in [0.2, 0.25) is 0 Å². The normalized spacial score (nSPS) is 14.8. The van der Waals surface area contributed by atoms with Gasteiger partial charge in [-0.1, -0.05) is 12.2 Å². The maximum Gasteiger partial charge on any atom is 0.247 e. The van der Waals surface area contributed by atoms with Crippen LogP contribution in [0.5, 0.6) is 0 Å². The molecule has 0 atom stereocenters. The van der Waals surface area contributed by atoms with Crippen LogP contribution in [-0.4, -0.2) is 32.9 Å². The number of halogens is 3. The first-order valence-corrected chi connectivity index (χ1v) is 5.43. The lowest BCUT2D eigenvalue weighted by atomic mass is 10.2. The predicted octanol–water partition coefficient (Wildman–Crippen LogP) is -3.19. The van der Waals surface area contributed by atoms with E-state index in [0.29, 0.717) is 5.96 Å². The molecule has 5 nitrogen and oxygen atoms in total. The third-order valence-electron chi connectivity index (χ3n) is 2.33. The van der Waals surface area contributed by atoms with E-state index in [0.717, 1.165) is 21.7 Å². The number of guanidine groups is 1. The summed E-state index contributed by atoms with van der Waals surface area (Å²) < 4.78 is 0. The van der Waals surface area contributed by atoms with Crippen LogP contribution in [0.1, 0.15) is 6.92 Å². The lowest BCUT2D eigenvalue weighted by Gasteiger charge is -1.98. The van der Waals surface area contributed by atoms with Gasteiger partial charge in [0.1, 0.15) is 0 Å². The Labute approximate surface area is 138 Å². The molecule has 0 spiro atoms. The molecular formula is C12H21Cl3N4O. The highest BCUT2D eigenvalue weighted by molar-refractivity contribution is 6.18. The second kappa shape index (κ2) is 10.7. The lowest BCUT2D eigenvalue weighted by Crippen LogP contribution is -3.01. The van der Waals surface area contributed by atoms with Gasteiger partial charge in [-0.3, -0.25) is 4.79 Å². The van der Waals surface area contributed by atoms with Crippen molar-refractivity contribution in [1.82, 2.24) is 5.32 Å². The van der Waals surface area contributed by atoms with Gasteiger partial charge in [-0.2, -0.15) is 0 Å². The summed E-state index contributed by atoms with van der Waals surface area (Å²) in [6, 6.07) is 0. The number of carbonyl (C=O) groups is 1. The average molecular weight is 344 g/mol. The molecule has 0 saturated heterocycles. The Kier molecular flexibility index (Phi) is 12.9. The number of Topliss-reactive ketones (excluding diaryl/α,β-unsaturated/α-hetero) is 1. The van der Waals surface area contributed by atoms with Crippen molar-refractivity contribution in [2.24, 2.45) is 10.8 Å². The maximum absolute atomic E-state index is 11.0. The number of nitrogens with two attached hydrogens (primary N) is 1. The van der Waals surface area contributed by atoms with Gasteiger partial charge < -0.3 is 23.5 Å². The standard InChI is InChI=1S/C8H6O.C4H12N4.3ClH/c1-5-4-6-2-3-7(5)8(6)9;1-6-4(5)7-8(2)3;;;/h2-4H,1H3;1-3H3,(H3,5,6,7);3*1H. The Morgan fingerprint density at radius 3 is 2.00 bits per heavy atom. The Hall–Kier alpha value is -1.01. The van der Waals surface area contributed by atoms with Gasteiger partial charge in [-0.15, -0.1) is 24.8 Å². The van der Waals surface area contributed by atoms with Crippen molar-refractivity contribution in [3.63, 3.8) is 0 Å². The number of nitrogens with one attached hydrogen (secondary N) is 2. The van der Waals surface area contributed by atoms with Crippen LogP contribution in [0, 0.1) is 0 Å². The molecule has 0 saturated carbocycles. The van der Waals surface area contributed by atoms with Crippen LogP contribution in [0.4, 0.5) is 0 Å². The molecule has 8 heteroatoms. The second-order valence-corrected chi connectivity index (χ2v) is 4.05. The first-order chi connectivity index (χ1) is 7.95. The number of fused-ring (bicyclic) bond motifs is 2. The van der Waals surface area contributed by atoms with Crippen molar-refractivity contribution in [3.8, 4) is 0 Å². The van der Waals surface area contributed by atoms with Gasteiger partial charge in [0.2, 0.25) is 5.96 Å². The Morgan fingerprint density at radius 2 is 1.85 bits per heavy atom. The maximum atomic E-state index is 11.0. The van der Waals surface area contributed by atoms with E-state index >= 15 is 0 Å². The van der Waals surface area contributed by atoms with Gasteiger partial charge in [0, 0.05) is 18.2 Å².